The minimum absolute atomic E-state index is 0.0368. The number of ether oxygens (including phenoxy) is 1. The van der Waals surface area contributed by atoms with Crippen molar-refractivity contribution in [1.82, 2.24) is 5.32 Å². The number of amides is 1. The van der Waals surface area contributed by atoms with Crippen LogP contribution in [0.5, 0.6) is 0 Å². The molecule has 0 fully saturated rings. The summed E-state index contributed by atoms with van der Waals surface area (Å²) in [4.78, 5) is 12.4. The number of carbonyl (C=O) groups is 1. The highest BCUT2D eigenvalue weighted by Gasteiger charge is 2.36. The molecule has 0 radical (unpaired) electrons. The molecule has 1 N–H and O–H groups in total. The summed E-state index contributed by atoms with van der Waals surface area (Å²) in [6.07, 6.45) is 1.23. The van der Waals surface area contributed by atoms with Crippen LogP contribution in [0.2, 0.25) is 0 Å². The molecule has 6 nitrogen and oxygen atoms in total. The highest BCUT2D eigenvalue weighted by molar-refractivity contribution is 7.92. The van der Waals surface area contributed by atoms with Crippen molar-refractivity contribution in [3.63, 3.8) is 0 Å². The smallest absolute Gasteiger partial charge is 0.264 e. The third-order valence-electron chi connectivity index (χ3n) is 4.82. The number of nitrogens with one attached hydrogen (secondary N) is 1. The molecule has 2 aromatic rings. The average Bonchev–Trinajstić information content (AvgIpc) is 3.03. The molecule has 0 aliphatic carbocycles. The molecule has 0 bridgehead atoms. The van der Waals surface area contributed by atoms with E-state index in [0.29, 0.717) is 37.4 Å². The fraction of sp³-hybridized carbons (Fsp3) is 0.381. The molecule has 29 heavy (non-hydrogen) atoms. The molecule has 1 aliphatic rings. The highest BCUT2D eigenvalue weighted by atomic mass is 32.2. The van der Waals surface area contributed by atoms with Gasteiger partial charge in [0.05, 0.1) is 10.6 Å². The normalized spacial score (nSPS) is 16.0. The first-order chi connectivity index (χ1) is 13.8. The molecule has 3 rings (SSSR count). The maximum Gasteiger partial charge on any atom is 0.264 e. The number of hydrogen-bond donors (Lipinski definition) is 1. The monoisotopic (exact) mass is 420 g/mol. The van der Waals surface area contributed by atoms with E-state index in [1.807, 2.05) is 13.8 Å². The fourth-order valence-corrected chi connectivity index (χ4v) is 5.15. The summed E-state index contributed by atoms with van der Waals surface area (Å²) in [5.74, 6) is -0.687. The predicted molar refractivity (Wildman–Crippen MR) is 109 cm³/mol. The van der Waals surface area contributed by atoms with Gasteiger partial charge in [0.25, 0.3) is 15.9 Å². The minimum atomic E-state index is -3.82. The van der Waals surface area contributed by atoms with Crippen molar-refractivity contribution in [2.45, 2.75) is 37.6 Å². The SMILES string of the molecule is CCOCCCNC(=O)c1ccc2c(c1)C[C@@H](C)N2S(=O)(=O)c1ccc(F)cc1. The lowest BCUT2D eigenvalue weighted by atomic mass is 10.1. The summed E-state index contributed by atoms with van der Waals surface area (Å²) in [5.41, 5.74) is 1.84. The van der Waals surface area contributed by atoms with E-state index in [1.54, 1.807) is 18.2 Å². The third-order valence-corrected chi connectivity index (χ3v) is 6.76. The molecule has 8 heteroatoms. The molecule has 2 aromatic carbocycles. The average molecular weight is 421 g/mol. The van der Waals surface area contributed by atoms with Gasteiger partial charge < -0.3 is 10.1 Å². The van der Waals surface area contributed by atoms with Crippen molar-refractivity contribution >= 4 is 21.6 Å². The molecule has 0 spiro atoms. The maximum atomic E-state index is 13.2. The number of rotatable bonds is 8. The Morgan fingerprint density at radius 2 is 1.97 bits per heavy atom. The van der Waals surface area contributed by atoms with Crippen LogP contribution < -0.4 is 9.62 Å². The Kier molecular flexibility index (Phi) is 6.54. The molecule has 1 heterocycles. The second-order valence-electron chi connectivity index (χ2n) is 6.96. The topological polar surface area (TPSA) is 75.7 Å². The van der Waals surface area contributed by atoms with Gasteiger partial charge >= 0.3 is 0 Å². The molecule has 1 amide bonds. The molecular weight excluding hydrogens is 395 g/mol. The highest BCUT2D eigenvalue weighted by Crippen LogP contribution is 2.37. The number of nitrogens with zero attached hydrogens (tertiary/aromatic N) is 1. The van der Waals surface area contributed by atoms with Gasteiger partial charge in [-0.15, -0.1) is 0 Å². The Labute approximate surface area is 170 Å². The van der Waals surface area contributed by atoms with Crippen LogP contribution in [-0.2, 0) is 21.2 Å². The summed E-state index contributed by atoms with van der Waals surface area (Å²) in [5, 5.41) is 2.85. The summed E-state index contributed by atoms with van der Waals surface area (Å²) < 4.78 is 45.9. The van der Waals surface area contributed by atoms with Crippen molar-refractivity contribution in [2.24, 2.45) is 0 Å². The predicted octanol–water partition coefficient (Wildman–Crippen LogP) is 3.12. The zero-order valence-electron chi connectivity index (χ0n) is 16.5. The fourth-order valence-electron chi connectivity index (χ4n) is 3.45. The summed E-state index contributed by atoms with van der Waals surface area (Å²) in [7, 11) is -3.82. The van der Waals surface area contributed by atoms with Gasteiger partial charge in [0.1, 0.15) is 5.82 Å². The quantitative estimate of drug-likeness (QED) is 0.666. The largest absolute Gasteiger partial charge is 0.382 e. The van der Waals surface area contributed by atoms with E-state index in [2.05, 4.69) is 5.32 Å². The Morgan fingerprint density at radius 3 is 2.66 bits per heavy atom. The lowest BCUT2D eigenvalue weighted by Gasteiger charge is -2.24. The zero-order valence-corrected chi connectivity index (χ0v) is 17.3. The van der Waals surface area contributed by atoms with Crippen LogP contribution in [0, 0.1) is 5.82 Å². The summed E-state index contributed by atoms with van der Waals surface area (Å²) in [6.45, 7) is 5.48. The molecule has 0 saturated heterocycles. The van der Waals surface area contributed by atoms with Gasteiger partial charge in [-0.25, -0.2) is 12.8 Å². The van der Waals surface area contributed by atoms with Crippen molar-refractivity contribution in [1.29, 1.82) is 0 Å². The summed E-state index contributed by atoms with van der Waals surface area (Å²) >= 11 is 0. The molecule has 1 aliphatic heterocycles. The van der Waals surface area contributed by atoms with Gasteiger partial charge in [-0.05, 0) is 74.7 Å². The van der Waals surface area contributed by atoms with Gasteiger partial charge in [-0.2, -0.15) is 0 Å². The first-order valence-electron chi connectivity index (χ1n) is 9.63. The van der Waals surface area contributed by atoms with Gasteiger partial charge in [0.2, 0.25) is 0 Å². The molecule has 1 atom stereocenters. The van der Waals surface area contributed by atoms with E-state index in [9.17, 15) is 17.6 Å². The van der Waals surface area contributed by atoms with Crippen LogP contribution in [0.3, 0.4) is 0 Å². The van der Waals surface area contributed by atoms with Crippen LogP contribution in [0.4, 0.5) is 10.1 Å². The summed E-state index contributed by atoms with van der Waals surface area (Å²) in [6, 6.07) is 9.52. The van der Waals surface area contributed by atoms with Gasteiger partial charge in [-0.3, -0.25) is 9.10 Å². The lowest BCUT2D eigenvalue weighted by molar-refractivity contribution is 0.0944. The molecule has 0 aromatic heterocycles. The van der Waals surface area contributed by atoms with Crippen LogP contribution in [-0.4, -0.2) is 40.1 Å². The lowest BCUT2D eigenvalue weighted by Crippen LogP contribution is -2.35. The van der Waals surface area contributed by atoms with Gasteiger partial charge in [-0.1, -0.05) is 0 Å². The van der Waals surface area contributed by atoms with Crippen LogP contribution in [0.1, 0.15) is 36.2 Å². The molecule has 0 unspecified atom stereocenters. The van der Waals surface area contributed by atoms with Gasteiger partial charge in [0.15, 0.2) is 0 Å². The maximum absolute atomic E-state index is 13.2. The van der Waals surface area contributed by atoms with Crippen molar-refractivity contribution in [2.75, 3.05) is 24.1 Å². The van der Waals surface area contributed by atoms with E-state index in [1.165, 1.54) is 16.4 Å². The Morgan fingerprint density at radius 1 is 1.24 bits per heavy atom. The number of carbonyl (C=O) groups excluding carboxylic acids is 1. The first kappa shape index (κ1) is 21.3. The number of sulfonamides is 1. The van der Waals surface area contributed by atoms with Crippen molar-refractivity contribution in [3.05, 3.63) is 59.4 Å². The number of hydrogen-bond acceptors (Lipinski definition) is 4. The van der Waals surface area contributed by atoms with E-state index in [4.69, 9.17) is 4.74 Å². The minimum Gasteiger partial charge on any atom is -0.382 e. The van der Waals surface area contributed by atoms with Crippen molar-refractivity contribution < 1.29 is 22.3 Å². The molecule has 0 saturated carbocycles. The van der Waals surface area contributed by atoms with E-state index in [0.717, 1.165) is 24.1 Å². The third kappa shape index (κ3) is 4.59. The van der Waals surface area contributed by atoms with E-state index >= 15 is 0 Å². The first-order valence-corrected chi connectivity index (χ1v) is 11.1. The van der Waals surface area contributed by atoms with Crippen molar-refractivity contribution in [3.8, 4) is 0 Å². The number of benzene rings is 2. The van der Waals surface area contributed by atoms with E-state index < -0.39 is 15.8 Å². The Balaban J connectivity index is 1.78. The standard InChI is InChI=1S/C21H25FN2O4S/c1-3-28-12-4-11-23-21(25)16-5-10-20-17(14-16)13-15(2)24(20)29(26,27)19-8-6-18(22)7-9-19/h5-10,14-15H,3-4,11-13H2,1-2H3,(H,23,25)/t15-/m1/s1. The number of anilines is 1. The van der Waals surface area contributed by atoms with Crippen LogP contribution in [0.15, 0.2) is 47.4 Å². The molecular formula is C21H25FN2O4S. The Hall–Kier alpha value is -2.45. The van der Waals surface area contributed by atoms with Gasteiger partial charge in [0, 0.05) is 31.4 Å². The number of halogens is 1. The Bertz CT molecular complexity index is 977. The van der Waals surface area contributed by atoms with Crippen LogP contribution >= 0.6 is 0 Å². The second kappa shape index (κ2) is 8.92. The molecule has 156 valence electrons. The van der Waals surface area contributed by atoms with E-state index in [-0.39, 0.29) is 16.8 Å². The van der Waals surface area contributed by atoms with Crippen LogP contribution in [0.25, 0.3) is 0 Å². The number of fused-ring (bicyclic) bond motifs is 1. The zero-order chi connectivity index (χ0) is 21.0. The second-order valence-corrected chi connectivity index (χ2v) is 8.77.